The fourth-order valence-corrected chi connectivity index (χ4v) is 4.90. The van der Waals surface area contributed by atoms with E-state index in [1.54, 1.807) is 38.3 Å². The summed E-state index contributed by atoms with van der Waals surface area (Å²) < 4.78 is 33.1. The molecule has 0 aliphatic carbocycles. The molecule has 0 aliphatic heterocycles. The summed E-state index contributed by atoms with van der Waals surface area (Å²) in [6.07, 6.45) is 0. The molecular weight excluding hydrogens is 516 g/mol. The molecule has 9 nitrogen and oxygen atoms in total. The Morgan fingerprint density at radius 2 is 1.23 bits per heavy atom. The molecule has 0 saturated carbocycles. The molecule has 1 aromatic heterocycles. The zero-order chi connectivity index (χ0) is 29.3. The number of ether oxygens (including phenoxy) is 5. The first kappa shape index (κ1) is 28.2. The normalized spacial score (nSPS) is 10.8. The van der Waals surface area contributed by atoms with Gasteiger partial charge in [0.1, 0.15) is 17.1 Å². The van der Waals surface area contributed by atoms with E-state index in [0.717, 1.165) is 22.4 Å². The van der Waals surface area contributed by atoms with Gasteiger partial charge in [0.25, 0.3) is 0 Å². The van der Waals surface area contributed by atoms with E-state index in [1.165, 1.54) is 28.1 Å². The van der Waals surface area contributed by atoms with Crippen LogP contribution in [0, 0.1) is 20.8 Å². The Bertz CT molecular complexity index is 1660. The zero-order valence-corrected chi connectivity index (χ0v) is 23.6. The van der Waals surface area contributed by atoms with Gasteiger partial charge >= 0.3 is 17.6 Å². The third-order valence-corrected chi connectivity index (χ3v) is 6.48. The molecule has 0 N–H and O–H groups in total. The maximum atomic E-state index is 13.8. The highest BCUT2D eigenvalue weighted by molar-refractivity contribution is 6.03. The number of carbonyl (C=O) groups excluding carboxylic acids is 2. The molecular formula is C31H30O9. The van der Waals surface area contributed by atoms with E-state index in [9.17, 15) is 14.4 Å². The summed E-state index contributed by atoms with van der Waals surface area (Å²) in [7, 11) is 4.45. The molecule has 0 atom stereocenters. The molecule has 0 bridgehead atoms. The number of benzene rings is 3. The molecule has 1 heterocycles. The van der Waals surface area contributed by atoms with Crippen molar-refractivity contribution in [2.45, 2.75) is 34.6 Å². The van der Waals surface area contributed by atoms with Crippen LogP contribution in [-0.2, 0) is 9.59 Å². The van der Waals surface area contributed by atoms with E-state index in [4.69, 9.17) is 28.1 Å². The van der Waals surface area contributed by atoms with Crippen molar-refractivity contribution in [2.24, 2.45) is 0 Å². The van der Waals surface area contributed by atoms with E-state index >= 15 is 0 Å². The van der Waals surface area contributed by atoms with Gasteiger partial charge in [-0.25, -0.2) is 4.79 Å². The van der Waals surface area contributed by atoms with Crippen LogP contribution in [0.3, 0.4) is 0 Å². The standard InChI is InChI=1S/C31H30O9/c1-15-11-20(12-16(2)28(15)37-8)26-22-9-10-23(38-18(4)32)17(3)29(22)40-31(34)27(26)21-13-24(35-6)30(39-19(5)33)25(14-21)36-7/h9-14H,1-8H3. The summed E-state index contributed by atoms with van der Waals surface area (Å²) in [6.45, 7) is 8.14. The minimum atomic E-state index is -0.638. The Morgan fingerprint density at radius 1 is 0.675 bits per heavy atom. The first-order valence-corrected chi connectivity index (χ1v) is 12.4. The molecule has 4 aromatic rings. The Labute approximate surface area is 231 Å². The third kappa shape index (κ3) is 5.10. The minimum Gasteiger partial charge on any atom is -0.496 e. The van der Waals surface area contributed by atoms with E-state index in [2.05, 4.69) is 0 Å². The van der Waals surface area contributed by atoms with Crippen molar-refractivity contribution in [2.75, 3.05) is 21.3 Å². The predicted octanol–water partition coefficient (Wildman–Crippen LogP) is 5.93. The largest absolute Gasteiger partial charge is 0.496 e. The number of hydrogen-bond donors (Lipinski definition) is 0. The quantitative estimate of drug-likeness (QED) is 0.158. The van der Waals surface area contributed by atoms with Gasteiger partial charge in [-0.1, -0.05) is 0 Å². The van der Waals surface area contributed by atoms with E-state index in [-0.39, 0.29) is 34.1 Å². The van der Waals surface area contributed by atoms with E-state index in [1.807, 2.05) is 26.0 Å². The lowest BCUT2D eigenvalue weighted by Crippen LogP contribution is -2.10. The average Bonchev–Trinajstić information content (AvgIpc) is 2.89. The second kappa shape index (κ2) is 11.1. The van der Waals surface area contributed by atoms with E-state index in [0.29, 0.717) is 22.1 Å². The maximum Gasteiger partial charge on any atom is 0.344 e. The number of rotatable bonds is 7. The van der Waals surface area contributed by atoms with Crippen molar-refractivity contribution >= 4 is 22.9 Å². The van der Waals surface area contributed by atoms with Crippen LogP contribution in [0.2, 0.25) is 0 Å². The molecule has 4 rings (SSSR count). The van der Waals surface area contributed by atoms with Crippen LogP contribution in [0.5, 0.6) is 28.7 Å². The molecule has 0 radical (unpaired) electrons. The molecule has 208 valence electrons. The lowest BCUT2D eigenvalue weighted by Gasteiger charge is -2.19. The number of hydrogen-bond acceptors (Lipinski definition) is 9. The number of carbonyl (C=O) groups is 2. The van der Waals surface area contributed by atoms with E-state index < -0.39 is 17.6 Å². The summed E-state index contributed by atoms with van der Waals surface area (Å²) in [5, 5.41) is 0.619. The van der Waals surface area contributed by atoms with Gasteiger partial charge in [0.15, 0.2) is 11.5 Å². The van der Waals surface area contributed by atoms with Gasteiger partial charge in [0.05, 0.1) is 26.9 Å². The molecule has 0 aliphatic rings. The first-order valence-electron chi connectivity index (χ1n) is 12.4. The monoisotopic (exact) mass is 546 g/mol. The summed E-state index contributed by atoms with van der Waals surface area (Å²) in [6, 6.07) is 10.5. The number of esters is 2. The fraction of sp³-hybridized carbons (Fsp3) is 0.258. The average molecular weight is 547 g/mol. The summed E-state index contributed by atoms with van der Waals surface area (Å²) >= 11 is 0. The van der Waals surface area contributed by atoms with Crippen LogP contribution < -0.4 is 29.3 Å². The van der Waals surface area contributed by atoms with Gasteiger partial charge in [-0.15, -0.1) is 0 Å². The Kier molecular flexibility index (Phi) is 7.86. The minimum absolute atomic E-state index is 0.0889. The van der Waals surface area contributed by atoms with Crippen LogP contribution in [0.4, 0.5) is 0 Å². The molecule has 0 spiro atoms. The summed E-state index contributed by atoms with van der Waals surface area (Å²) in [4.78, 5) is 37.2. The molecule has 3 aromatic carbocycles. The highest BCUT2D eigenvalue weighted by Gasteiger charge is 2.25. The van der Waals surface area contributed by atoms with Gasteiger partial charge in [-0.05, 0) is 79.4 Å². The van der Waals surface area contributed by atoms with Gasteiger partial charge in [-0.3, -0.25) is 9.59 Å². The Balaban J connectivity index is 2.16. The molecule has 40 heavy (non-hydrogen) atoms. The fourth-order valence-electron chi connectivity index (χ4n) is 4.90. The van der Waals surface area contributed by atoms with Crippen LogP contribution in [0.15, 0.2) is 45.6 Å². The Hall–Kier alpha value is -4.79. The SMILES string of the molecule is COc1cc(-c2c(-c3cc(C)c(OC)c(C)c3)c3ccc(OC(C)=O)c(C)c3oc2=O)cc(OC)c1OC(C)=O. The van der Waals surface area contributed by atoms with Crippen molar-refractivity contribution in [1.82, 2.24) is 0 Å². The lowest BCUT2D eigenvalue weighted by atomic mass is 9.90. The van der Waals surface area contributed by atoms with Gasteiger partial charge in [-0.2, -0.15) is 0 Å². The maximum absolute atomic E-state index is 13.8. The van der Waals surface area contributed by atoms with Crippen LogP contribution in [-0.4, -0.2) is 33.3 Å². The van der Waals surface area contributed by atoms with Gasteiger partial charge in [0.2, 0.25) is 5.75 Å². The summed E-state index contributed by atoms with van der Waals surface area (Å²) in [5.74, 6) is 0.453. The van der Waals surface area contributed by atoms with Crippen LogP contribution in [0.25, 0.3) is 33.2 Å². The van der Waals surface area contributed by atoms with Gasteiger partial charge in [0, 0.05) is 30.4 Å². The topological polar surface area (TPSA) is 110 Å². The lowest BCUT2D eigenvalue weighted by molar-refractivity contribution is -0.133. The van der Waals surface area contributed by atoms with Crippen LogP contribution >= 0.6 is 0 Å². The van der Waals surface area contributed by atoms with Crippen molar-refractivity contribution in [3.63, 3.8) is 0 Å². The number of methoxy groups -OCH3 is 3. The predicted molar refractivity (Wildman–Crippen MR) is 150 cm³/mol. The molecule has 0 saturated heterocycles. The highest BCUT2D eigenvalue weighted by atomic mass is 16.6. The van der Waals surface area contributed by atoms with Crippen molar-refractivity contribution < 1.29 is 37.7 Å². The second-order valence-electron chi connectivity index (χ2n) is 9.25. The molecule has 9 heteroatoms. The smallest absolute Gasteiger partial charge is 0.344 e. The number of fused-ring (bicyclic) bond motifs is 1. The molecule has 0 amide bonds. The van der Waals surface area contributed by atoms with Crippen molar-refractivity contribution in [1.29, 1.82) is 0 Å². The molecule has 0 unspecified atom stereocenters. The Morgan fingerprint density at radius 3 is 1.73 bits per heavy atom. The second-order valence-corrected chi connectivity index (χ2v) is 9.25. The third-order valence-electron chi connectivity index (χ3n) is 6.48. The summed E-state index contributed by atoms with van der Waals surface area (Å²) in [5.41, 5.74) is 3.87. The highest BCUT2D eigenvalue weighted by Crippen LogP contribution is 2.45. The molecule has 0 fully saturated rings. The van der Waals surface area contributed by atoms with Crippen molar-refractivity contribution in [3.05, 3.63) is 63.5 Å². The zero-order valence-electron chi connectivity index (χ0n) is 23.6. The van der Waals surface area contributed by atoms with Gasteiger partial charge < -0.3 is 28.1 Å². The first-order chi connectivity index (χ1) is 19.0. The number of aryl methyl sites for hydroxylation is 3. The van der Waals surface area contributed by atoms with Crippen molar-refractivity contribution in [3.8, 4) is 51.0 Å². The van der Waals surface area contributed by atoms with Crippen LogP contribution in [0.1, 0.15) is 30.5 Å².